The van der Waals surface area contributed by atoms with Crippen LogP contribution in [0.25, 0.3) is 6.08 Å². The average molecular weight is 822 g/mol. The predicted octanol–water partition coefficient (Wildman–Crippen LogP) is 6.68. The van der Waals surface area contributed by atoms with E-state index in [4.69, 9.17) is 18.9 Å². The second kappa shape index (κ2) is 14.5. The normalized spacial score (nSPS) is 14.6. The van der Waals surface area contributed by atoms with E-state index in [1.807, 2.05) is 32.0 Å². The Balaban J connectivity index is 1.67. The van der Waals surface area contributed by atoms with Crippen molar-refractivity contribution in [3.63, 3.8) is 0 Å². The van der Waals surface area contributed by atoms with Crippen LogP contribution in [-0.2, 0) is 16.1 Å². The zero-order chi connectivity index (χ0) is 33.1. The number of ether oxygens (including phenoxy) is 4. The molecule has 1 aromatic heterocycles. The van der Waals surface area contributed by atoms with Gasteiger partial charge in [-0.3, -0.25) is 9.36 Å². The highest BCUT2D eigenvalue weighted by atomic mass is 127. The summed E-state index contributed by atoms with van der Waals surface area (Å²) < 4.78 is 40.9. The van der Waals surface area contributed by atoms with Gasteiger partial charge in [-0.1, -0.05) is 51.5 Å². The van der Waals surface area contributed by atoms with Gasteiger partial charge in [0.25, 0.3) is 5.56 Å². The van der Waals surface area contributed by atoms with Crippen molar-refractivity contribution in [2.45, 2.75) is 46.4 Å². The summed E-state index contributed by atoms with van der Waals surface area (Å²) >= 11 is 6.89. The Bertz CT molecular complexity index is 2020. The molecular formula is C34H31BrFIN2O6S. The van der Waals surface area contributed by atoms with Gasteiger partial charge in [0, 0.05) is 15.6 Å². The van der Waals surface area contributed by atoms with E-state index in [0.717, 1.165) is 8.04 Å². The fourth-order valence-corrected chi connectivity index (χ4v) is 7.80. The van der Waals surface area contributed by atoms with Crippen molar-refractivity contribution >= 4 is 61.9 Å². The monoisotopic (exact) mass is 820 g/mol. The summed E-state index contributed by atoms with van der Waals surface area (Å²) in [6.07, 6.45) is 1.64. The van der Waals surface area contributed by atoms with Gasteiger partial charge < -0.3 is 18.9 Å². The third-order valence-electron chi connectivity index (χ3n) is 7.04. The molecule has 8 nitrogen and oxygen atoms in total. The quantitative estimate of drug-likeness (QED) is 0.131. The number of hydrogen-bond donors (Lipinski definition) is 0. The minimum Gasteiger partial charge on any atom is -0.493 e. The Hall–Kier alpha value is -3.49. The molecular weight excluding hydrogens is 790 g/mol. The number of allylic oxidation sites excluding steroid dienone is 1. The molecule has 0 aliphatic carbocycles. The maximum absolute atomic E-state index is 14.4. The molecule has 0 bridgehead atoms. The molecule has 1 aliphatic heterocycles. The molecule has 5 rings (SSSR count). The molecule has 1 aliphatic rings. The fourth-order valence-electron chi connectivity index (χ4n) is 5.06. The van der Waals surface area contributed by atoms with Crippen LogP contribution in [0.2, 0.25) is 0 Å². The molecule has 46 heavy (non-hydrogen) atoms. The van der Waals surface area contributed by atoms with Crippen molar-refractivity contribution in [3.05, 3.63) is 116 Å². The van der Waals surface area contributed by atoms with Gasteiger partial charge in [-0.15, -0.1) is 0 Å². The lowest BCUT2D eigenvalue weighted by molar-refractivity contribution is -0.139. The van der Waals surface area contributed by atoms with Crippen LogP contribution in [0.15, 0.2) is 80.1 Å². The van der Waals surface area contributed by atoms with E-state index in [-0.39, 0.29) is 36.3 Å². The second-order valence-corrected chi connectivity index (χ2v) is 13.7. The van der Waals surface area contributed by atoms with Crippen LogP contribution in [0.1, 0.15) is 50.4 Å². The van der Waals surface area contributed by atoms with Gasteiger partial charge in [0.1, 0.15) is 18.2 Å². The molecule has 0 fully saturated rings. The number of fused-ring (bicyclic) bond motifs is 1. The number of carbonyl (C=O) groups excluding carboxylic acids is 1. The minimum absolute atomic E-state index is 0.00679. The summed E-state index contributed by atoms with van der Waals surface area (Å²) in [6, 6.07) is 14.7. The van der Waals surface area contributed by atoms with Gasteiger partial charge >= 0.3 is 5.97 Å². The summed E-state index contributed by atoms with van der Waals surface area (Å²) in [5, 5.41) is 0. The molecule has 0 spiro atoms. The van der Waals surface area contributed by atoms with Gasteiger partial charge in [-0.2, -0.15) is 0 Å². The molecule has 0 radical (unpaired) electrons. The van der Waals surface area contributed by atoms with E-state index in [2.05, 4.69) is 43.5 Å². The minimum atomic E-state index is -0.834. The zero-order valence-electron chi connectivity index (χ0n) is 25.7. The van der Waals surface area contributed by atoms with Gasteiger partial charge in [0.2, 0.25) is 0 Å². The van der Waals surface area contributed by atoms with Gasteiger partial charge in [-0.25, -0.2) is 14.2 Å². The Morgan fingerprint density at radius 1 is 1.17 bits per heavy atom. The molecule has 3 aromatic carbocycles. The molecule has 12 heteroatoms. The van der Waals surface area contributed by atoms with E-state index >= 15 is 0 Å². The topological polar surface area (TPSA) is 88.4 Å². The summed E-state index contributed by atoms with van der Waals surface area (Å²) in [7, 11) is 1.54. The maximum Gasteiger partial charge on any atom is 0.338 e. The van der Waals surface area contributed by atoms with Crippen LogP contribution in [-0.4, -0.2) is 30.4 Å². The first-order valence-electron chi connectivity index (χ1n) is 14.4. The van der Waals surface area contributed by atoms with Crippen LogP contribution in [0.5, 0.6) is 17.2 Å². The zero-order valence-corrected chi connectivity index (χ0v) is 30.3. The molecule has 0 unspecified atom stereocenters. The van der Waals surface area contributed by atoms with Crippen LogP contribution < -0.4 is 29.1 Å². The molecule has 240 valence electrons. The lowest BCUT2D eigenvalue weighted by Gasteiger charge is -2.25. The summed E-state index contributed by atoms with van der Waals surface area (Å²) in [6.45, 7) is 7.46. The number of aromatic nitrogens is 1. The first-order valence-corrected chi connectivity index (χ1v) is 17.1. The maximum atomic E-state index is 14.4. The Morgan fingerprint density at radius 2 is 1.93 bits per heavy atom. The number of rotatable bonds is 10. The smallest absolute Gasteiger partial charge is 0.338 e. The number of thiazole rings is 1. The Morgan fingerprint density at radius 3 is 2.63 bits per heavy atom. The lowest BCUT2D eigenvalue weighted by Crippen LogP contribution is -2.40. The molecule has 2 heterocycles. The molecule has 0 saturated heterocycles. The summed E-state index contributed by atoms with van der Waals surface area (Å²) in [4.78, 5) is 32.7. The first kappa shape index (κ1) is 33.9. The SMILES string of the molecule is CCOC(=O)C1=C(C)N=c2s/c(=C/c3cc(Br)cc(I)c3OCc3ccccc3F)c(=O)n2[C@H]1c1ccc(OC(C)C)c(OC)c1. The Labute approximate surface area is 291 Å². The van der Waals surface area contributed by atoms with E-state index in [1.165, 1.54) is 29.1 Å². The molecule has 4 aromatic rings. The largest absolute Gasteiger partial charge is 0.493 e. The van der Waals surface area contributed by atoms with Crippen molar-refractivity contribution in [1.29, 1.82) is 0 Å². The predicted molar refractivity (Wildman–Crippen MR) is 187 cm³/mol. The number of methoxy groups -OCH3 is 1. The number of esters is 1. The third-order valence-corrected chi connectivity index (χ3v) is 9.28. The third kappa shape index (κ3) is 7.08. The number of benzene rings is 3. The second-order valence-electron chi connectivity index (χ2n) is 10.6. The van der Waals surface area contributed by atoms with E-state index in [0.29, 0.717) is 49.0 Å². The van der Waals surface area contributed by atoms with Crippen molar-refractivity contribution in [3.8, 4) is 17.2 Å². The lowest BCUT2D eigenvalue weighted by atomic mass is 9.95. The average Bonchev–Trinajstić information content (AvgIpc) is 3.30. The Kier molecular flexibility index (Phi) is 10.7. The molecule has 1 atom stereocenters. The molecule has 0 amide bonds. The standard InChI is InChI=1S/C34H31BrFIN2O6S/c1-6-43-33(41)29-19(4)38-34-39(30(29)20-11-12-26(45-18(2)3)27(14-20)42-5)32(40)28(46-34)15-22-13-23(35)16-25(37)31(22)44-17-21-9-7-8-10-24(21)36/h7-16,18,30H,6,17H2,1-5H3/b28-15+/t30-/m0/s1. The van der Waals surface area contributed by atoms with Crippen LogP contribution in [0.4, 0.5) is 4.39 Å². The van der Waals surface area contributed by atoms with Gasteiger partial charge in [-0.05, 0) is 92.3 Å². The van der Waals surface area contributed by atoms with Crippen molar-refractivity contribution in [2.75, 3.05) is 13.7 Å². The van der Waals surface area contributed by atoms with E-state index < -0.39 is 12.0 Å². The molecule has 0 saturated carbocycles. The number of halogens is 3. The highest BCUT2D eigenvalue weighted by Gasteiger charge is 2.34. The van der Waals surface area contributed by atoms with E-state index in [9.17, 15) is 14.0 Å². The van der Waals surface area contributed by atoms with Crippen molar-refractivity contribution in [2.24, 2.45) is 4.99 Å². The van der Waals surface area contributed by atoms with Crippen molar-refractivity contribution < 1.29 is 28.1 Å². The van der Waals surface area contributed by atoms with Gasteiger partial charge in [0.05, 0.1) is 45.2 Å². The van der Waals surface area contributed by atoms with Crippen LogP contribution in [0.3, 0.4) is 0 Å². The van der Waals surface area contributed by atoms with Gasteiger partial charge in [0.15, 0.2) is 16.3 Å². The number of nitrogens with zero attached hydrogens (tertiary/aromatic N) is 2. The van der Waals surface area contributed by atoms with Crippen LogP contribution in [0, 0.1) is 9.39 Å². The van der Waals surface area contributed by atoms with Crippen molar-refractivity contribution in [1.82, 2.24) is 4.57 Å². The number of carbonyl (C=O) groups is 1. The molecule has 0 N–H and O–H groups in total. The summed E-state index contributed by atoms with van der Waals surface area (Å²) in [5.74, 6) is 0.585. The fraction of sp³-hybridized carbons (Fsp3) is 0.265. The highest BCUT2D eigenvalue weighted by molar-refractivity contribution is 14.1. The number of hydrogen-bond acceptors (Lipinski definition) is 8. The highest BCUT2D eigenvalue weighted by Crippen LogP contribution is 2.37. The summed E-state index contributed by atoms with van der Waals surface area (Å²) in [5.41, 5.74) is 2.02. The van der Waals surface area contributed by atoms with Crippen LogP contribution >= 0.6 is 49.9 Å². The van der Waals surface area contributed by atoms with E-state index in [1.54, 1.807) is 50.3 Å². The first-order chi connectivity index (χ1) is 22.0.